The number of likely N-dealkylation sites (N-methyl/N-ethyl adjacent to an activating group) is 1. The summed E-state index contributed by atoms with van der Waals surface area (Å²) in [5.74, 6) is -13.2. The number of aliphatic hydroxyl groups excluding tert-OH is 6. The Morgan fingerprint density at radius 1 is 0.616 bits per heavy atom. The molecular formula is C77H84Cl2N10O23. The predicted molar refractivity (Wildman–Crippen MR) is 395 cm³/mol. The van der Waals surface area contributed by atoms with Gasteiger partial charge >= 0.3 is 6.03 Å². The number of hydrogen-bond donors (Lipinski definition) is 19. The van der Waals surface area contributed by atoms with Crippen LogP contribution in [-0.4, -0.2) is 181 Å². The van der Waals surface area contributed by atoms with Crippen molar-refractivity contribution in [3.05, 3.63) is 141 Å². The number of halogens is 2. The normalized spacial score (nSPS) is 28.3. The van der Waals surface area contributed by atoms with E-state index >= 15 is 28.8 Å². The Balaban J connectivity index is 0.998. The van der Waals surface area contributed by atoms with E-state index in [1.54, 1.807) is 0 Å². The lowest BCUT2D eigenvalue weighted by molar-refractivity contribution is -0.277. The largest absolute Gasteiger partial charge is 0.508 e. The molecule has 10 aliphatic rings. The standard InChI is InChI=1S/C77H84Cl2N10O23/c1-30(2)15-46(80-3)69(100)88-61-63(95)34-6-13-50(44(78)22-34)109-52-24-38-25-53(68(52)112-76-67(99)66(98)65(97)54(29-90)111-76)110-51-14-7-35(23-45(51)79)64(96)62-75(106)87-60(73(104)84-57-36-17-31-16-32(19-36)20-37(57)18-31)43-26-40(91)27-49(93)56(43)42-21-33(5-12-48(42)92)58(71(102)89-62)86-72(103)59(38)85-70(101)47(82-74(61)105)28-55(94)83-77(107)81-39-8-10-41(108-4)11-9-39/h5-14,21-27,30-32,36-37,46-47,54,57-67,76,80,90-93,95-99H,15-20,28-29H2,1-4H3,(H,82,105)(H,84,104)(H,85,101)(H,86,103)(H,87,106)(H,88,100)(H,89,102)(H2,81,83,94,107)/t31?,32?,36?,37?,46-,47?,54-,57?,58-,59?,60-,61?,62+,63-,64-,65-,66+,67-,76-/m1/s1. The van der Waals surface area contributed by atoms with Gasteiger partial charge in [0.05, 0.1) is 36.2 Å². The fourth-order valence-electron chi connectivity index (χ4n) is 16.1. The highest BCUT2D eigenvalue weighted by Crippen LogP contribution is 2.55. The molecule has 112 heavy (non-hydrogen) atoms. The quantitative estimate of drug-likeness (QED) is 0.0740. The topological polar surface area (TPSA) is 502 Å². The van der Waals surface area contributed by atoms with Crippen LogP contribution in [0.5, 0.6) is 51.7 Å². The highest BCUT2D eigenvalue weighted by Gasteiger charge is 2.51. The van der Waals surface area contributed by atoms with Crippen LogP contribution in [0, 0.1) is 29.6 Å². The second-order valence-electron chi connectivity index (χ2n) is 29.6. The summed E-state index contributed by atoms with van der Waals surface area (Å²) in [6.07, 6.45) is -10.8. The number of phenols is 3. The molecule has 33 nitrogen and oxygen atoms in total. The van der Waals surface area contributed by atoms with E-state index in [-0.39, 0.29) is 85.8 Å². The van der Waals surface area contributed by atoms with Crippen LogP contribution < -0.4 is 72.1 Å². The fourth-order valence-corrected chi connectivity index (χ4v) is 16.6. The number of methoxy groups -OCH3 is 1. The number of ether oxygens (including phenoxy) is 5. The third kappa shape index (κ3) is 16.7. The Morgan fingerprint density at radius 3 is 1.83 bits per heavy atom. The van der Waals surface area contributed by atoms with Crippen LogP contribution in [0.2, 0.25) is 10.0 Å². The third-order valence-electron chi connectivity index (χ3n) is 21.5. The van der Waals surface area contributed by atoms with Gasteiger partial charge in [-0.15, -0.1) is 0 Å². The summed E-state index contributed by atoms with van der Waals surface area (Å²) in [5.41, 5.74) is -2.07. The zero-order valence-electron chi connectivity index (χ0n) is 60.5. The van der Waals surface area contributed by atoms with Crippen LogP contribution in [0.1, 0.15) is 117 Å². The van der Waals surface area contributed by atoms with Crippen LogP contribution in [0.4, 0.5) is 10.5 Å². The molecule has 1 saturated heterocycles. The van der Waals surface area contributed by atoms with Crippen molar-refractivity contribution in [1.29, 1.82) is 0 Å². The monoisotopic (exact) mass is 1590 g/mol. The molecule has 0 aromatic heterocycles. The van der Waals surface area contributed by atoms with Gasteiger partial charge in [0.25, 0.3) is 0 Å². The van der Waals surface area contributed by atoms with Gasteiger partial charge in [-0.1, -0.05) is 55.2 Å². The van der Waals surface area contributed by atoms with E-state index in [0.29, 0.717) is 17.6 Å². The molecule has 19 N–H and O–H groups in total. The highest BCUT2D eigenvalue weighted by atomic mass is 35.5. The van der Waals surface area contributed by atoms with Crippen molar-refractivity contribution in [3.8, 4) is 62.9 Å². The second kappa shape index (κ2) is 33.0. The molecule has 6 aromatic rings. The third-order valence-corrected chi connectivity index (χ3v) is 22.1. The first-order valence-electron chi connectivity index (χ1n) is 36.3. The van der Waals surface area contributed by atoms with E-state index in [1.807, 2.05) is 13.8 Å². The number of nitrogens with one attached hydrogen (secondary N) is 10. The molecular weight excluding hydrogens is 1500 g/mol. The van der Waals surface area contributed by atoms with E-state index in [9.17, 15) is 60.3 Å². The highest BCUT2D eigenvalue weighted by molar-refractivity contribution is 6.32. The van der Waals surface area contributed by atoms with Crippen molar-refractivity contribution in [2.75, 3.05) is 26.1 Å². The smallest absolute Gasteiger partial charge is 0.325 e. The maximum atomic E-state index is 16.3. The maximum absolute atomic E-state index is 16.3. The van der Waals surface area contributed by atoms with E-state index in [2.05, 4.69) is 53.2 Å². The Labute approximate surface area is 649 Å². The number of phenolic OH excluding ortho intramolecular Hbond substituents is 3. The van der Waals surface area contributed by atoms with Crippen molar-refractivity contribution >= 4 is 82.2 Å². The minimum atomic E-state index is -2.39. The molecule has 16 rings (SSSR count). The molecule has 6 heterocycles. The lowest BCUT2D eigenvalue weighted by Crippen LogP contribution is -2.60. The molecule has 10 amide bonds. The summed E-state index contributed by atoms with van der Waals surface area (Å²) in [4.78, 5) is 137. The number of fused-ring (bicyclic) bond motifs is 15. The van der Waals surface area contributed by atoms with Crippen LogP contribution in [-0.2, 0) is 43.1 Å². The van der Waals surface area contributed by atoms with Gasteiger partial charge in [-0.2, -0.15) is 0 Å². The van der Waals surface area contributed by atoms with E-state index in [4.69, 9.17) is 46.9 Å². The summed E-state index contributed by atoms with van der Waals surface area (Å²) in [6.45, 7) is 2.67. The molecule has 594 valence electrons. The Kier molecular flexibility index (Phi) is 23.4. The maximum Gasteiger partial charge on any atom is 0.325 e. The number of hydrogen-bond acceptors (Lipinski definition) is 24. The van der Waals surface area contributed by atoms with Gasteiger partial charge in [0.1, 0.15) is 107 Å². The first-order valence-corrected chi connectivity index (χ1v) is 37.1. The summed E-state index contributed by atoms with van der Waals surface area (Å²) in [6, 6.07) is 4.54. The number of aliphatic hydroxyl groups is 6. The van der Waals surface area contributed by atoms with Gasteiger partial charge < -0.3 is 117 Å². The number of carbonyl (C=O) groups is 9. The molecule has 15 bridgehead atoms. The minimum absolute atomic E-state index is 0.0668. The Bertz CT molecular complexity index is 4660. The predicted octanol–water partition coefficient (Wildman–Crippen LogP) is 3.60. The zero-order valence-corrected chi connectivity index (χ0v) is 62.0. The fraction of sp³-hybridized carbons (Fsp3) is 0.416. The van der Waals surface area contributed by atoms with Gasteiger partial charge in [0.2, 0.25) is 59.3 Å². The van der Waals surface area contributed by atoms with Crippen LogP contribution in [0.15, 0.2) is 103 Å². The first-order chi connectivity index (χ1) is 53.4. The molecule has 0 spiro atoms. The van der Waals surface area contributed by atoms with Crippen LogP contribution >= 0.6 is 23.2 Å². The number of benzene rings is 6. The molecule has 4 aliphatic carbocycles. The number of imide groups is 1. The molecule has 4 saturated carbocycles. The van der Waals surface area contributed by atoms with Crippen LogP contribution in [0.25, 0.3) is 11.1 Å². The van der Waals surface area contributed by atoms with Crippen molar-refractivity contribution in [1.82, 2.24) is 47.9 Å². The average Bonchev–Trinajstić information content (AvgIpc) is 0.761. The van der Waals surface area contributed by atoms with Gasteiger partial charge in [0, 0.05) is 28.9 Å². The number of urea groups is 1. The van der Waals surface area contributed by atoms with Gasteiger partial charge in [-0.3, -0.25) is 43.7 Å². The van der Waals surface area contributed by atoms with E-state index < -0.39 is 197 Å². The van der Waals surface area contributed by atoms with Crippen molar-refractivity contribution < 1.29 is 113 Å². The molecule has 3 unspecified atom stereocenters. The summed E-state index contributed by atoms with van der Waals surface area (Å²) in [7, 11) is 2.88. The van der Waals surface area contributed by atoms with Gasteiger partial charge in [-0.05, 0) is 182 Å². The SMILES string of the molecule is CN[C@H](CC(C)C)C(=O)NC1C(=O)NC(CC(=O)NC(=O)Nc2ccc(OC)cc2)C(=O)NC2C(=O)N[C@H]3C(=O)N[C@H](C(=O)N[C@@H](C(=O)NC4C5CC6CC(C5)CC4C6)c4cc(O)cc(O)c4-c4cc3ccc4O)[C@H](O)c3ccc(c(Cl)c3)Oc3cc2cc(c3O[C@H]2O[C@H](CO)[C@@H](O)[C@H](O)[C@H]2O)Oc2ccc(cc2Cl)[C@H]1O. The number of amides is 10. The van der Waals surface area contributed by atoms with Crippen molar-refractivity contribution in [3.63, 3.8) is 0 Å². The second-order valence-corrected chi connectivity index (χ2v) is 30.4. The molecule has 14 atom stereocenters. The number of rotatable bonds is 14. The van der Waals surface area contributed by atoms with Gasteiger partial charge in [-0.25, -0.2) is 4.79 Å². The molecule has 6 aliphatic heterocycles. The number of aromatic hydroxyl groups is 3. The lowest BCUT2D eigenvalue weighted by Gasteiger charge is -2.54. The van der Waals surface area contributed by atoms with Crippen LogP contribution in [0.3, 0.4) is 0 Å². The van der Waals surface area contributed by atoms with Crippen molar-refractivity contribution in [2.24, 2.45) is 29.6 Å². The lowest BCUT2D eigenvalue weighted by atomic mass is 9.54. The molecule has 5 fully saturated rings. The summed E-state index contributed by atoms with van der Waals surface area (Å²) in [5, 5.41) is 130. The van der Waals surface area contributed by atoms with E-state index in [0.717, 1.165) is 92.8 Å². The van der Waals surface area contributed by atoms with E-state index in [1.165, 1.54) is 56.6 Å². The number of carbonyl (C=O) groups excluding carboxylic acids is 9. The first kappa shape index (κ1) is 79.5. The molecule has 6 aromatic carbocycles. The van der Waals surface area contributed by atoms with Crippen molar-refractivity contribution in [2.45, 2.75) is 150 Å². The zero-order chi connectivity index (χ0) is 80.0. The molecule has 0 radical (unpaired) electrons. The number of anilines is 1. The average molecular weight is 1590 g/mol. The summed E-state index contributed by atoms with van der Waals surface area (Å²) < 4.78 is 30.6. The molecule has 35 heteroatoms. The Morgan fingerprint density at radius 2 is 1.22 bits per heavy atom. The Hall–Kier alpha value is -10.6. The minimum Gasteiger partial charge on any atom is -0.508 e. The van der Waals surface area contributed by atoms with Gasteiger partial charge in [0.15, 0.2) is 11.5 Å². The summed E-state index contributed by atoms with van der Waals surface area (Å²) >= 11 is 14.2.